The van der Waals surface area contributed by atoms with Crippen LogP contribution >= 0.6 is 0 Å². The van der Waals surface area contributed by atoms with Gasteiger partial charge >= 0.3 is 24.1 Å². The van der Waals surface area contributed by atoms with Crippen LogP contribution in [0.25, 0.3) is 0 Å². The van der Waals surface area contributed by atoms with Gasteiger partial charge in [-0.2, -0.15) is 0 Å². The fourth-order valence-electron chi connectivity index (χ4n) is 4.51. The van der Waals surface area contributed by atoms with E-state index < -0.39 is 36.3 Å². The van der Waals surface area contributed by atoms with Gasteiger partial charge in [-0.05, 0) is 145 Å². The van der Waals surface area contributed by atoms with E-state index in [1.54, 1.807) is 86.6 Å². The third-order valence-electron chi connectivity index (χ3n) is 7.44. The molecule has 2 atom stereocenters. The van der Waals surface area contributed by atoms with Crippen LogP contribution in [0.15, 0.2) is 98.1 Å². The molecule has 0 radical (unpaired) electrons. The summed E-state index contributed by atoms with van der Waals surface area (Å²) in [5, 5.41) is 5.32. The van der Waals surface area contributed by atoms with Gasteiger partial charge in [-0.3, -0.25) is 0 Å². The summed E-state index contributed by atoms with van der Waals surface area (Å²) < 4.78 is 32.8. The molecule has 0 aliphatic heterocycles. The molecule has 0 aliphatic carbocycles. The lowest BCUT2D eigenvalue weighted by atomic mass is 10.1. The number of esters is 2. The van der Waals surface area contributed by atoms with Gasteiger partial charge in [0.15, 0.2) is 12.2 Å². The van der Waals surface area contributed by atoms with E-state index in [2.05, 4.69) is 119 Å². The number of amides is 2. The Morgan fingerprint density at radius 2 is 0.906 bits per heavy atom. The van der Waals surface area contributed by atoms with E-state index in [0.717, 1.165) is 12.2 Å². The second kappa shape index (κ2) is 29.8. The van der Waals surface area contributed by atoms with Crippen LogP contribution < -0.4 is 20.1 Å². The molecule has 64 heavy (non-hydrogen) atoms. The maximum absolute atomic E-state index is 12.8. The van der Waals surface area contributed by atoms with Gasteiger partial charge < -0.3 is 39.1 Å². The first kappa shape index (κ1) is 49.1. The lowest BCUT2D eigenvalue weighted by Crippen LogP contribution is -2.35. The summed E-state index contributed by atoms with van der Waals surface area (Å²) in [6.07, 6.45) is -1.56. The van der Waals surface area contributed by atoms with Gasteiger partial charge in [0, 0.05) is 36.4 Å². The molecular weight excluding hydrogens is 813 g/mol. The highest BCUT2D eigenvalue weighted by molar-refractivity contribution is 5.81. The number of hydrogen-bond acceptors (Lipinski definition) is 10. The van der Waals surface area contributed by atoms with E-state index in [4.69, 9.17) is 28.4 Å². The SMILES string of the molecule is C=CC(=O)OCC(COc1ccc(C#CC#CC#CC#CC)cc1)OC(=O)NCc1cccc(CNC(=O)OC(COC(=O)C=C)COc2ccc(C#CC#CC#CC#CC)cc2)c1. The van der Waals surface area contributed by atoms with E-state index in [0.29, 0.717) is 33.8 Å². The summed E-state index contributed by atoms with van der Waals surface area (Å²) in [6.45, 7) is 9.38. The minimum Gasteiger partial charge on any atom is -0.490 e. The number of nitrogens with one attached hydrogen (secondary N) is 2. The third kappa shape index (κ3) is 21.6. The van der Waals surface area contributed by atoms with Crippen molar-refractivity contribution in [1.29, 1.82) is 0 Å². The maximum Gasteiger partial charge on any atom is 0.407 e. The molecule has 0 saturated heterocycles. The monoisotopic (exact) mass is 852 g/mol. The summed E-state index contributed by atoms with van der Waals surface area (Å²) in [4.78, 5) is 49.1. The van der Waals surface area contributed by atoms with E-state index in [9.17, 15) is 19.2 Å². The van der Waals surface area contributed by atoms with Crippen LogP contribution in [0.3, 0.4) is 0 Å². The molecule has 0 heterocycles. The quantitative estimate of drug-likeness (QED) is 0.0753. The molecule has 0 spiro atoms. The normalized spacial score (nSPS) is 9.66. The van der Waals surface area contributed by atoms with Crippen LogP contribution in [0.4, 0.5) is 9.59 Å². The molecule has 12 heteroatoms. The molecule has 2 unspecified atom stereocenters. The van der Waals surface area contributed by atoms with Crippen molar-refractivity contribution >= 4 is 24.1 Å². The first-order valence-corrected chi connectivity index (χ1v) is 19.1. The molecule has 3 aromatic carbocycles. The Balaban J connectivity index is 1.52. The van der Waals surface area contributed by atoms with Gasteiger partial charge in [0.05, 0.1) is 0 Å². The molecule has 3 rings (SSSR count). The van der Waals surface area contributed by atoms with Crippen molar-refractivity contribution in [2.24, 2.45) is 0 Å². The summed E-state index contributed by atoms with van der Waals surface area (Å²) in [6, 6.07) is 20.6. The molecule has 12 nitrogen and oxygen atoms in total. The Labute approximate surface area is 373 Å². The van der Waals surface area contributed by atoms with Crippen molar-refractivity contribution in [2.75, 3.05) is 26.4 Å². The van der Waals surface area contributed by atoms with Crippen LogP contribution in [0, 0.1) is 94.7 Å². The average Bonchev–Trinajstić information content (AvgIpc) is 3.31. The number of alkyl carbamates (subject to hydrolysis) is 2. The van der Waals surface area contributed by atoms with Crippen LogP contribution in [0.2, 0.25) is 0 Å². The highest BCUT2D eigenvalue weighted by Crippen LogP contribution is 2.14. The summed E-state index contributed by atoms with van der Waals surface area (Å²) in [7, 11) is 0. The average molecular weight is 853 g/mol. The summed E-state index contributed by atoms with van der Waals surface area (Å²) in [5.41, 5.74) is 2.73. The highest BCUT2D eigenvalue weighted by atomic mass is 16.6. The fourth-order valence-corrected chi connectivity index (χ4v) is 4.51. The lowest BCUT2D eigenvalue weighted by molar-refractivity contribution is -0.142. The van der Waals surface area contributed by atoms with Crippen LogP contribution in [0.5, 0.6) is 11.5 Å². The molecular formula is C52H40N2O10. The van der Waals surface area contributed by atoms with Crippen molar-refractivity contribution in [2.45, 2.75) is 39.1 Å². The molecule has 3 aromatic rings. The van der Waals surface area contributed by atoms with E-state index in [1.165, 1.54) is 0 Å². The molecule has 0 aromatic heterocycles. The van der Waals surface area contributed by atoms with Gasteiger partial charge in [-0.15, -0.1) is 0 Å². The predicted molar refractivity (Wildman–Crippen MR) is 239 cm³/mol. The number of benzene rings is 3. The zero-order chi connectivity index (χ0) is 46.0. The summed E-state index contributed by atoms with van der Waals surface area (Å²) >= 11 is 0. The van der Waals surface area contributed by atoms with E-state index >= 15 is 0 Å². The number of carbonyl (C=O) groups excluding carboxylic acids is 4. The minimum absolute atomic E-state index is 0.0590. The highest BCUT2D eigenvalue weighted by Gasteiger charge is 2.19. The summed E-state index contributed by atoms with van der Waals surface area (Å²) in [5.74, 6) is 41.9. The van der Waals surface area contributed by atoms with E-state index in [-0.39, 0.29) is 39.5 Å². The number of carbonyl (C=O) groups is 4. The lowest BCUT2D eigenvalue weighted by Gasteiger charge is -2.19. The molecule has 0 fully saturated rings. The van der Waals surface area contributed by atoms with Crippen molar-refractivity contribution in [3.05, 3.63) is 120 Å². The molecule has 0 bridgehead atoms. The van der Waals surface area contributed by atoms with Gasteiger partial charge in [0.1, 0.15) is 37.9 Å². The second-order valence-corrected chi connectivity index (χ2v) is 12.2. The van der Waals surface area contributed by atoms with Gasteiger partial charge in [0.25, 0.3) is 0 Å². The number of rotatable bonds is 18. The Kier molecular flexibility index (Phi) is 22.9. The predicted octanol–water partition coefficient (Wildman–Crippen LogP) is 5.26. The van der Waals surface area contributed by atoms with Crippen LogP contribution in [0.1, 0.15) is 36.1 Å². The van der Waals surface area contributed by atoms with Crippen LogP contribution in [-0.2, 0) is 41.6 Å². The Morgan fingerprint density at radius 3 is 1.28 bits per heavy atom. The minimum atomic E-state index is -0.975. The van der Waals surface area contributed by atoms with E-state index in [1.807, 2.05) is 0 Å². The largest absolute Gasteiger partial charge is 0.490 e. The first-order valence-electron chi connectivity index (χ1n) is 19.1. The first-order chi connectivity index (χ1) is 31.2. The fraction of sp³-hybridized carbons (Fsp3) is 0.192. The Hall–Kier alpha value is -9.30. The standard InChI is InChI=1S/C52H40N2O10/c1-5-9-11-13-15-17-19-22-41-26-30-45(31-27-41)59-37-47(39-61-49(55)7-3)63-51(57)53-35-43-24-21-25-44(34-43)36-54-52(58)64-48(40-62-50(56)8-4)38-60-46-32-28-42(29-33-46)23-20-18-16-14-12-10-6-2/h7-8,21,24-34,47-48H,3-4,35-40H2,1-2H3,(H,53,57)(H,54,58). The van der Waals surface area contributed by atoms with Gasteiger partial charge in [-0.25, -0.2) is 19.2 Å². The second-order valence-electron chi connectivity index (χ2n) is 12.2. The smallest absolute Gasteiger partial charge is 0.407 e. The molecule has 318 valence electrons. The van der Waals surface area contributed by atoms with Crippen molar-refractivity contribution in [3.63, 3.8) is 0 Å². The molecule has 0 aliphatic rings. The zero-order valence-electron chi connectivity index (χ0n) is 35.0. The van der Waals surface area contributed by atoms with Crippen LogP contribution in [-0.4, -0.2) is 62.8 Å². The van der Waals surface area contributed by atoms with Gasteiger partial charge in [-0.1, -0.05) is 61.1 Å². The zero-order valence-corrected chi connectivity index (χ0v) is 35.0. The Morgan fingerprint density at radius 1 is 0.531 bits per heavy atom. The number of ether oxygens (including phenoxy) is 6. The third-order valence-corrected chi connectivity index (χ3v) is 7.44. The number of hydrogen-bond donors (Lipinski definition) is 2. The molecule has 0 saturated carbocycles. The maximum atomic E-state index is 12.8. The molecule has 2 N–H and O–H groups in total. The van der Waals surface area contributed by atoms with Crippen molar-refractivity contribution in [1.82, 2.24) is 10.6 Å². The molecule has 2 amide bonds. The van der Waals surface area contributed by atoms with Gasteiger partial charge in [0.2, 0.25) is 0 Å². The Bertz CT molecular complexity index is 2480. The van der Waals surface area contributed by atoms with Crippen molar-refractivity contribution < 1.29 is 47.6 Å². The topological polar surface area (TPSA) is 148 Å². The van der Waals surface area contributed by atoms with Crippen molar-refractivity contribution in [3.8, 4) is 106 Å².